The molecule has 1 aromatic carbocycles. The van der Waals surface area contributed by atoms with Crippen molar-refractivity contribution in [1.82, 2.24) is 0 Å². The van der Waals surface area contributed by atoms with Crippen LogP contribution in [0, 0.1) is 11.8 Å². The van der Waals surface area contributed by atoms with Crippen molar-refractivity contribution in [2.24, 2.45) is 11.8 Å². The molecule has 3 N–H and O–H groups in total. The summed E-state index contributed by atoms with van der Waals surface area (Å²) in [5, 5.41) is 3.47. The lowest BCUT2D eigenvalue weighted by atomic mass is 9.81. The summed E-state index contributed by atoms with van der Waals surface area (Å²) in [6.07, 6.45) is 6.82. The summed E-state index contributed by atoms with van der Waals surface area (Å²) in [5.74, 6) is 2.56. The average molecular weight is 276 g/mol. The fraction of sp³-hybridized carbons (Fsp3) is 0.647. The van der Waals surface area contributed by atoms with Crippen LogP contribution >= 0.6 is 0 Å². The van der Waals surface area contributed by atoms with Crippen LogP contribution in [0.4, 0.5) is 11.4 Å². The summed E-state index contributed by atoms with van der Waals surface area (Å²) >= 11 is 0. The highest BCUT2D eigenvalue weighted by atomic mass is 16.5. The SMILES string of the molecule is CCOc1cccc(NCCC2CCCC(C)C2)c1N. The second-order valence-electron chi connectivity index (χ2n) is 6.00. The second-order valence-corrected chi connectivity index (χ2v) is 6.00. The van der Waals surface area contributed by atoms with Crippen molar-refractivity contribution in [2.45, 2.75) is 46.0 Å². The largest absolute Gasteiger partial charge is 0.492 e. The van der Waals surface area contributed by atoms with E-state index in [-0.39, 0.29) is 0 Å². The minimum atomic E-state index is 0.646. The maximum absolute atomic E-state index is 6.12. The third-order valence-electron chi connectivity index (χ3n) is 4.28. The molecule has 0 spiro atoms. The monoisotopic (exact) mass is 276 g/mol. The maximum atomic E-state index is 6.12. The van der Waals surface area contributed by atoms with Gasteiger partial charge in [-0.25, -0.2) is 0 Å². The predicted molar refractivity (Wildman–Crippen MR) is 86.3 cm³/mol. The van der Waals surface area contributed by atoms with E-state index < -0.39 is 0 Å². The molecule has 0 amide bonds. The Kier molecular flexibility index (Phi) is 5.57. The summed E-state index contributed by atoms with van der Waals surface area (Å²) < 4.78 is 5.52. The summed E-state index contributed by atoms with van der Waals surface area (Å²) in [5.41, 5.74) is 7.85. The van der Waals surface area contributed by atoms with Crippen LogP contribution in [0.1, 0.15) is 46.0 Å². The maximum Gasteiger partial charge on any atom is 0.144 e. The molecule has 2 rings (SSSR count). The summed E-state index contributed by atoms with van der Waals surface area (Å²) in [6.45, 7) is 6.00. The Morgan fingerprint density at radius 1 is 1.35 bits per heavy atom. The Balaban J connectivity index is 1.83. The van der Waals surface area contributed by atoms with Gasteiger partial charge >= 0.3 is 0 Å². The molecular formula is C17H28N2O. The highest BCUT2D eigenvalue weighted by Gasteiger charge is 2.18. The van der Waals surface area contributed by atoms with Gasteiger partial charge < -0.3 is 15.8 Å². The van der Waals surface area contributed by atoms with E-state index in [0.29, 0.717) is 6.61 Å². The van der Waals surface area contributed by atoms with Crippen molar-refractivity contribution >= 4 is 11.4 Å². The Morgan fingerprint density at radius 2 is 2.20 bits per heavy atom. The highest BCUT2D eigenvalue weighted by molar-refractivity contribution is 5.72. The van der Waals surface area contributed by atoms with E-state index >= 15 is 0 Å². The molecule has 1 aromatic rings. The first-order valence-corrected chi connectivity index (χ1v) is 7.95. The van der Waals surface area contributed by atoms with Crippen LogP contribution in [0.5, 0.6) is 5.75 Å². The molecule has 0 aromatic heterocycles. The van der Waals surface area contributed by atoms with Gasteiger partial charge in [0.1, 0.15) is 5.75 Å². The molecule has 1 saturated carbocycles. The number of anilines is 2. The molecule has 2 unspecified atom stereocenters. The van der Waals surface area contributed by atoms with E-state index in [1.807, 2.05) is 25.1 Å². The lowest BCUT2D eigenvalue weighted by Crippen LogP contribution is -2.17. The molecule has 0 heterocycles. The van der Waals surface area contributed by atoms with Gasteiger partial charge in [-0.1, -0.05) is 32.3 Å². The van der Waals surface area contributed by atoms with Gasteiger partial charge in [0.25, 0.3) is 0 Å². The van der Waals surface area contributed by atoms with Crippen LogP contribution in [0.25, 0.3) is 0 Å². The minimum absolute atomic E-state index is 0.646. The highest BCUT2D eigenvalue weighted by Crippen LogP contribution is 2.32. The zero-order valence-electron chi connectivity index (χ0n) is 12.8. The molecule has 0 saturated heterocycles. The van der Waals surface area contributed by atoms with Gasteiger partial charge in [0.15, 0.2) is 0 Å². The fourth-order valence-corrected chi connectivity index (χ4v) is 3.21. The van der Waals surface area contributed by atoms with Crippen LogP contribution in [0.2, 0.25) is 0 Å². The predicted octanol–water partition coefficient (Wildman–Crippen LogP) is 4.30. The molecule has 2 atom stereocenters. The molecule has 0 radical (unpaired) electrons. The third-order valence-corrected chi connectivity index (χ3v) is 4.28. The van der Waals surface area contributed by atoms with Crippen LogP contribution in [-0.2, 0) is 0 Å². The lowest BCUT2D eigenvalue weighted by Gasteiger charge is -2.26. The number of para-hydroxylation sites is 1. The third kappa shape index (κ3) is 4.06. The van der Waals surface area contributed by atoms with Crippen LogP contribution in [0.3, 0.4) is 0 Å². The Labute approximate surface area is 122 Å². The van der Waals surface area contributed by atoms with Crippen molar-refractivity contribution in [2.75, 3.05) is 24.2 Å². The molecule has 1 aliphatic rings. The summed E-state index contributed by atoms with van der Waals surface area (Å²) in [4.78, 5) is 0. The number of nitrogen functional groups attached to an aromatic ring is 1. The normalized spacial score (nSPS) is 22.5. The molecule has 0 bridgehead atoms. The van der Waals surface area contributed by atoms with Gasteiger partial charge in [0.2, 0.25) is 0 Å². The van der Waals surface area contributed by atoms with E-state index in [4.69, 9.17) is 10.5 Å². The first-order valence-electron chi connectivity index (χ1n) is 7.95. The standard InChI is InChI=1S/C17H28N2O/c1-3-20-16-9-5-8-15(17(16)18)19-11-10-14-7-4-6-13(2)12-14/h5,8-9,13-14,19H,3-4,6-7,10-12,18H2,1-2H3. The van der Waals surface area contributed by atoms with E-state index in [9.17, 15) is 0 Å². The minimum Gasteiger partial charge on any atom is -0.492 e. The molecule has 112 valence electrons. The number of hydrogen-bond acceptors (Lipinski definition) is 3. The Bertz CT molecular complexity index is 419. The first-order chi connectivity index (χ1) is 9.70. The summed E-state index contributed by atoms with van der Waals surface area (Å²) in [7, 11) is 0. The average Bonchev–Trinajstić information content (AvgIpc) is 2.43. The number of nitrogens with one attached hydrogen (secondary N) is 1. The zero-order valence-corrected chi connectivity index (χ0v) is 12.8. The Hall–Kier alpha value is -1.38. The van der Waals surface area contributed by atoms with Gasteiger partial charge in [-0.15, -0.1) is 0 Å². The number of benzene rings is 1. The number of rotatable bonds is 6. The van der Waals surface area contributed by atoms with Gasteiger partial charge in [0, 0.05) is 6.54 Å². The van der Waals surface area contributed by atoms with Crippen molar-refractivity contribution in [1.29, 1.82) is 0 Å². The van der Waals surface area contributed by atoms with Crippen molar-refractivity contribution < 1.29 is 4.74 Å². The summed E-state index contributed by atoms with van der Waals surface area (Å²) in [6, 6.07) is 5.94. The molecular weight excluding hydrogens is 248 g/mol. The van der Waals surface area contributed by atoms with E-state index in [0.717, 1.165) is 35.5 Å². The molecule has 1 fully saturated rings. The van der Waals surface area contributed by atoms with Crippen LogP contribution in [-0.4, -0.2) is 13.2 Å². The molecule has 0 aliphatic heterocycles. The molecule has 3 nitrogen and oxygen atoms in total. The van der Waals surface area contributed by atoms with E-state index in [2.05, 4.69) is 12.2 Å². The smallest absolute Gasteiger partial charge is 0.144 e. The Morgan fingerprint density at radius 3 is 2.95 bits per heavy atom. The number of hydrogen-bond donors (Lipinski definition) is 2. The van der Waals surface area contributed by atoms with Gasteiger partial charge in [0.05, 0.1) is 18.0 Å². The topological polar surface area (TPSA) is 47.3 Å². The molecule has 20 heavy (non-hydrogen) atoms. The van der Waals surface area contributed by atoms with Gasteiger partial charge in [-0.2, -0.15) is 0 Å². The first kappa shape index (κ1) is 15.0. The van der Waals surface area contributed by atoms with Crippen LogP contribution in [0.15, 0.2) is 18.2 Å². The van der Waals surface area contributed by atoms with Crippen molar-refractivity contribution in [3.63, 3.8) is 0 Å². The number of ether oxygens (including phenoxy) is 1. The van der Waals surface area contributed by atoms with Gasteiger partial charge in [-0.05, 0) is 43.7 Å². The second kappa shape index (κ2) is 7.41. The molecule has 1 aliphatic carbocycles. The zero-order chi connectivity index (χ0) is 14.4. The number of nitrogens with two attached hydrogens (primary N) is 1. The van der Waals surface area contributed by atoms with Crippen molar-refractivity contribution in [3.8, 4) is 5.75 Å². The van der Waals surface area contributed by atoms with Gasteiger partial charge in [-0.3, -0.25) is 0 Å². The fourth-order valence-electron chi connectivity index (χ4n) is 3.21. The van der Waals surface area contributed by atoms with E-state index in [1.54, 1.807) is 0 Å². The quantitative estimate of drug-likeness (QED) is 0.762. The van der Waals surface area contributed by atoms with E-state index in [1.165, 1.54) is 32.1 Å². The molecule has 3 heteroatoms. The van der Waals surface area contributed by atoms with Crippen LogP contribution < -0.4 is 15.8 Å². The van der Waals surface area contributed by atoms with Crippen molar-refractivity contribution in [3.05, 3.63) is 18.2 Å². The lowest BCUT2D eigenvalue weighted by molar-refractivity contribution is 0.274.